The van der Waals surface area contributed by atoms with Gasteiger partial charge < -0.3 is 15.4 Å². The predicted molar refractivity (Wildman–Crippen MR) is 156 cm³/mol. The van der Waals surface area contributed by atoms with E-state index in [2.05, 4.69) is 24.5 Å². The molecule has 206 valence electrons. The van der Waals surface area contributed by atoms with Gasteiger partial charge in [0.1, 0.15) is 10.7 Å². The first-order valence-corrected chi connectivity index (χ1v) is 13.4. The van der Waals surface area contributed by atoms with Crippen LogP contribution >= 0.6 is 11.6 Å². The molecule has 8 nitrogen and oxygen atoms in total. The first-order valence-electron chi connectivity index (χ1n) is 13.0. The van der Waals surface area contributed by atoms with Crippen LogP contribution in [0.25, 0.3) is 0 Å². The maximum Gasteiger partial charge on any atom is 0.338 e. The van der Waals surface area contributed by atoms with Crippen molar-refractivity contribution in [3.05, 3.63) is 100 Å². The third-order valence-electron chi connectivity index (χ3n) is 6.33. The van der Waals surface area contributed by atoms with Crippen molar-refractivity contribution in [1.82, 2.24) is 0 Å². The highest BCUT2D eigenvalue weighted by Gasteiger charge is 2.39. The number of unbranched alkanes of at least 4 members (excludes halogenated alkanes) is 1. The molecule has 0 atom stereocenters. The number of amides is 3. The van der Waals surface area contributed by atoms with Crippen molar-refractivity contribution >= 4 is 52.4 Å². The summed E-state index contributed by atoms with van der Waals surface area (Å²) in [7, 11) is 0. The lowest BCUT2D eigenvalue weighted by atomic mass is 10.0. The van der Waals surface area contributed by atoms with Crippen LogP contribution in [0.4, 0.5) is 17.1 Å². The van der Waals surface area contributed by atoms with E-state index in [-0.39, 0.29) is 16.3 Å². The van der Waals surface area contributed by atoms with Gasteiger partial charge in [-0.25, -0.2) is 9.69 Å². The molecule has 3 aromatic rings. The molecule has 1 heterocycles. The maximum absolute atomic E-state index is 13.2. The quantitative estimate of drug-likeness (QED) is 0.168. The normalized spacial score (nSPS) is 13.2. The van der Waals surface area contributed by atoms with Gasteiger partial charge in [0.15, 0.2) is 0 Å². The molecule has 9 heteroatoms. The molecular weight excluding hydrogens is 530 g/mol. The molecule has 0 spiro atoms. The molecule has 1 aliphatic heterocycles. The number of rotatable bonds is 10. The van der Waals surface area contributed by atoms with E-state index in [1.54, 1.807) is 54.6 Å². The lowest BCUT2D eigenvalue weighted by Crippen LogP contribution is -2.32. The number of benzene rings is 3. The summed E-state index contributed by atoms with van der Waals surface area (Å²) in [5.41, 5.74) is 2.86. The molecular formula is C31H30ClN3O5. The Bertz CT molecular complexity index is 1480. The van der Waals surface area contributed by atoms with Crippen LogP contribution < -0.4 is 15.5 Å². The summed E-state index contributed by atoms with van der Waals surface area (Å²) < 4.78 is 5.24. The molecule has 40 heavy (non-hydrogen) atoms. The SMILES string of the molecule is CCCCOC(=O)c1cccc(NC(=O)c2cccc(NC3=C(Cl)C(=O)N(c4ccc(C(C)C)cc4)C3=O)c2)c1. The van der Waals surface area contributed by atoms with E-state index in [1.807, 2.05) is 19.1 Å². The molecule has 3 aromatic carbocycles. The van der Waals surface area contributed by atoms with Crippen molar-refractivity contribution in [2.24, 2.45) is 0 Å². The standard InChI is InChI=1S/C31H30ClN3O5/c1-4-5-16-40-31(39)22-9-7-11-24(18-22)34-28(36)21-8-6-10-23(17-21)33-27-26(32)29(37)35(30(27)38)25-14-12-20(13-15-25)19(2)3/h6-15,17-19,33H,4-5,16H2,1-3H3,(H,34,36). The van der Waals surface area contributed by atoms with Crippen LogP contribution in [0.3, 0.4) is 0 Å². The van der Waals surface area contributed by atoms with E-state index in [0.29, 0.717) is 35.2 Å². The highest BCUT2D eigenvalue weighted by molar-refractivity contribution is 6.53. The van der Waals surface area contributed by atoms with Gasteiger partial charge in [0.2, 0.25) is 0 Å². The monoisotopic (exact) mass is 559 g/mol. The van der Waals surface area contributed by atoms with Crippen molar-refractivity contribution in [1.29, 1.82) is 0 Å². The van der Waals surface area contributed by atoms with E-state index >= 15 is 0 Å². The first kappa shape index (κ1) is 28.6. The number of anilines is 3. The molecule has 0 aromatic heterocycles. The van der Waals surface area contributed by atoms with Crippen molar-refractivity contribution < 1.29 is 23.9 Å². The number of hydrogen-bond acceptors (Lipinski definition) is 6. The van der Waals surface area contributed by atoms with Gasteiger partial charge in [0.05, 0.1) is 17.9 Å². The number of carbonyl (C=O) groups excluding carboxylic acids is 4. The van der Waals surface area contributed by atoms with Gasteiger partial charge >= 0.3 is 5.97 Å². The van der Waals surface area contributed by atoms with Crippen molar-refractivity contribution in [2.75, 3.05) is 22.1 Å². The van der Waals surface area contributed by atoms with E-state index < -0.39 is 23.7 Å². The molecule has 0 aliphatic carbocycles. The zero-order valence-corrected chi connectivity index (χ0v) is 23.2. The smallest absolute Gasteiger partial charge is 0.338 e. The van der Waals surface area contributed by atoms with E-state index in [1.165, 1.54) is 6.07 Å². The summed E-state index contributed by atoms with van der Waals surface area (Å²) in [6.45, 7) is 6.45. The third-order valence-corrected chi connectivity index (χ3v) is 6.68. The fourth-order valence-corrected chi connectivity index (χ4v) is 4.27. The molecule has 0 bridgehead atoms. The van der Waals surface area contributed by atoms with Gasteiger partial charge in [-0.3, -0.25) is 14.4 Å². The van der Waals surface area contributed by atoms with E-state index in [9.17, 15) is 19.2 Å². The van der Waals surface area contributed by atoms with Gasteiger partial charge in [0, 0.05) is 16.9 Å². The van der Waals surface area contributed by atoms with Crippen LogP contribution in [-0.2, 0) is 14.3 Å². The van der Waals surface area contributed by atoms with Crippen LogP contribution in [-0.4, -0.2) is 30.3 Å². The van der Waals surface area contributed by atoms with Gasteiger partial charge in [-0.05, 0) is 66.4 Å². The van der Waals surface area contributed by atoms with Crippen molar-refractivity contribution in [3.8, 4) is 0 Å². The number of ether oxygens (including phenoxy) is 1. The Labute approximate surface area is 238 Å². The van der Waals surface area contributed by atoms with Crippen LogP contribution in [0.2, 0.25) is 0 Å². The highest BCUT2D eigenvalue weighted by atomic mass is 35.5. The summed E-state index contributed by atoms with van der Waals surface area (Å²) in [5.74, 6) is -1.81. The average Bonchev–Trinajstić information content (AvgIpc) is 3.16. The Morgan fingerprint density at radius 3 is 2.23 bits per heavy atom. The second-order valence-corrected chi connectivity index (χ2v) is 9.99. The number of nitrogens with zero attached hydrogens (tertiary/aromatic N) is 1. The van der Waals surface area contributed by atoms with Gasteiger partial charge in [-0.2, -0.15) is 0 Å². The highest BCUT2D eigenvalue weighted by Crippen LogP contribution is 2.31. The molecule has 0 radical (unpaired) electrons. The summed E-state index contributed by atoms with van der Waals surface area (Å²) in [4.78, 5) is 52.2. The van der Waals surface area contributed by atoms with Crippen LogP contribution in [0, 0.1) is 0 Å². The summed E-state index contributed by atoms with van der Waals surface area (Å²) in [5, 5.41) is 5.43. The first-order chi connectivity index (χ1) is 19.2. The Morgan fingerprint density at radius 1 is 0.900 bits per heavy atom. The summed E-state index contributed by atoms with van der Waals surface area (Å²) in [6.07, 6.45) is 1.69. The number of imide groups is 1. The van der Waals surface area contributed by atoms with Crippen molar-refractivity contribution in [2.45, 2.75) is 39.5 Å². The largest absolute Gasteiger partial charge is 0.462 e. The Hall–Kier alpha value is -4.43. The van der Waals surface area contributed by atoms with Crippen LogP contribution in [0.15, 0.2) is 83.5 Å². The van der Waals surface area contributed by atoms with E-state index in [4.69, 9.17) is 16.3 Å². The molecule has 0 saturated heterocycles. The van der Waals surface area contributed by atoms with Crippen LogP contribution in [0.5, 0.6) is 0 Å². The van der Waals surface area contributed by atoms with Crippen molar-refractivity contribution in [3.63, 3.8) is 0 Å². The molecule has 0 saturated carbocycles. The molecule has 3 amide bonds. The Kier molecular flexibility index (Phi) is 9.01. The number of esters is 1. The number of carbonyl (C=O) groups is 4. The van der Waals surface area contributed by atoms with Gasteiger partial charge in [-0.15, -0.1) is 0 Å². The minimum Gasteiger partial charge on any atom is -0.462 e. The molecule has 1 aliphatic rings. The topological polar surface area (TPSA) is 105 Å². The summed E-state index contributed by atoms with van der Waals surface area (Å²) in [6, 6.07) is 20.1. The van der Waals surface area contributed by atoms with E-state index in [0.717, 1.165) is 23.3 Å². The maximum atomic E-state index is 13.2. The Morgan fingerprint density at radius 2 is 1.55 bits per heavy atom. The fourth-order valence-electron chi connectivity index (χ4n) is 4.06. The molecule has 4 rings (SSSR count). The Balaban J connectivity index is 1.46. The van der Waals surface area contributed by atoms with Crippen LogP contribution in [0.1, 0.15) is 65.8 Å². The zero-order valence-electron chi connectivity index (χ0n) is 22.5. The van der Waals surface area contributed by atoms with Gasteiger partial charge in [0.25, 0.3) is 17.7 Å². The lowest BCUT2D eigenvalue weighted by Gasteiger charge is -2.16. The summed E-state index contributed by atoms with van der Waals surface area (Å²) >= 11 is 6.28. The zero-order chi connectivity index (χ0) is 28.8. The number of halogens is 1. The minimum atomic E-state index is -0.631. The second kappa shape index (κ2) is 12.6. The lowest BCUT2D eigenvalue weighted by molar-refractivity contribution is -0.120. The molecule has 0 fully saturated rings. The third kappa shape index (κ3) is 6.40. The van der Waals surface area contributed by atoms with Gasteiger partial charge in [-0.1, -0.05) is 63.1 Å². The number of nitrogens with one attached hydrogen (secondary N) is 2. The average molecular weight is 560 g/mol. The minimum absolute atomic E-state index is 0.0774. The second-order valence-electron chi connectivity index (χ2n) is 9.61. The fraction of sp³-hybridized carbons (Fsp3) is 0.226. The molecule has 2 N–H and O–H groups in total. The predicted octanol–water partition coefficient (Wildman–Crippen LogP) is 6.45. The molecule has 0 unspecified atom stereocenters. The number of hydrogen-bond donors (Lipinski definition) is 2.